The smallest absolute Gasteiger partial charge is 0.255 e. The van der Waals surface area contributed by atoms with Crippen molar-refractivity contribution in [1.82, 2.24) is 15.5 Å². The molecule has 0 aliphatic rings. The van der Waals surface area contributed by atoms with Crippen LogP contribution in [0.2, 0.25) is 0 Å². The van der Waals surface area contributed by atoms with E-state index in [-0.39, 0.29) is 31.3 Å². The summed E-state index contributed by atoms with van der Waals surface area (Å²) in [7, 11) is 1.58. The first-order chi connectivity index (χ1) is 20.1. The van der Waals surface area contributed by atoms with Crippen LogP contribution in [0.3, 0.4) is 0 Å². The number of ether oxygens (including phenoxy) is 1. The van der Waals surface area contributed by atoms with Gasteiger partial charge in [-0.2, -0.15) is 4.98 Å². The highest BCUT2D eigenvalue weighted by Gasteiger charge is 2.30. The molecule has 42 heavy (non-hydrogen) atoms. The highest BCUT2D eigenvalue weighted by Crippen LogP contribution is 2.41. The number of nitrogens with zero attached hydrogens (tertiary/aromatic N) is 2. The molecule has 0 radical (unpaired) electrons. The summed E-state index contributed by atoms with van der Waals surface area (Å²) in [5.41, 5.74) is 4.83. The minimum Gasteiger partial charge on any atom is -0.490 e. The summed E-state index contributed by atoms with van der Waals surface area (Å²) in [5, 5.41) is 16.8. The van der Waals surface area contributed by atoms with Gasteiger partial charge >= 0.3 is 0 Å². The standard InChI is InChI=1S/C33H33N3O6/c1-19-6-9-21(10-7-19)30-29(31(39)34-5)25-15-24(27(40-13-12-37)16-28(25)42-30)22-11-8-20(2)23(14-22)26(38)17-33(3,4)32-35-18-41-36-32/h6-11,14-16,18,37H,12-13,17H2,1-5H3,(H,34,39). The number of aromatic nitrogens is 2. The Morgan fingerprint density at radius 2 is 1.76 bits per heavy atom. The molecule has 2 heterocycles. The lowest BCUT2D eigenvalue weighted by molar-refractivity contribution is 0.0949. The van der Waals surface area contributed by atoms with Crippen molar-refractivity contribution in [2.45, 2.75) is 39.5 Å². The van der Waals surface area contributed by atoms with Crippen molar-refractivity contribution >= 4 is 22.7 Å². The van der Waals surface area contributed by atoms with Crippen molar-refractivity contribution in [2.75, 3.05) is 20.3 Å². The van der Waals surface area contributed by atoms with E-state index in [1.54, 1.807) is 13.1 Å². The summed E-state index contributed by atoms with van der Waals surface area (Å²) < 4.78 is 17.1. The molecule has 0 spiro atoms. The van der Waals surface area contributed by atoms with Crippen LogP contribution in [0.5, 0.6) is 5.75 Å². The molecule has 3 aromatic carbocycles. The molecule has 9 nitrogen and oxygen atoms in total. The molecule has 0 fully saturated rings. The number of carbonyl (C=O) groups excluding carboxylic acids is 2. The molecule has 2 N–H and O–H groups in total. The summed E-state index contributed by atoms with van der Waals surface area (Å²) in [5.74, 6) is 0.999. The van der Waals surface area contributed by atoms with Gasteiger partial charge in [0.1, 0.15) is 23.7 Å². The Bertz CT molecular complexity index is 1750. The molecule has 1 amide bonds. The molecule has 216 valence electrons. The SMILES string of the molecule is CNC(=O)c1c(-c2ccc(C)cc2)oc2cc(OCCO)c(-c3ccc(C)c(C(=O)CC(C)(C)c4ncon4)c3)cc12. The number of carbonyl (C=O) groups is 2. The van der Waals surface area contributed by atoms with E-state index in [9.17, 15) is 14.7 Å². The van der Waals surface area contributed by atoms with Crippen LogP contribution in [0.4, 0.5) is 0 Å². The Morgan fingerprint density at radius 1 is 1.02 bits per heavy atom. The number of rotatable bonds is 10. The molecule has 0 bridgehead atoms. The molecule has 0 saturated heterocycles. The zero-order valence-corrected chi connectivity index (χ0v) is 24.3. The number of aryl methyl sites for hydroxylation is 2. The molecule has 2 aromatic heterocycles. The second-order valence-electron chi connectivity index (χ2n) is 10.9. The van der Waals surface area contributed by atoms with Crippen molar-refractivity contribution < 1.29 is 28.4 Å². The number of benzene rings is 3. The maximum absolute atomic E-state index is 13.6. The number of nitrogens with one attached hydrogen (secondary N) is 1. The number of fused-ring (bicyclic) bond motifs is 1. The van der Waals surface area contributed by atoms with Gasteiger partial charge in [-0.05, 0) is 37.1 Å². The first-order valence-electron chi connectivity index (χ1n) is 13.7. The second-order valence-corrected chi connectivity index (χ2v) is 10.9. The fraction of sp³-hybridized carbons (Fsp3) is 0.273. The van der Waals surface area contributed by atoms with Gasteiger partial charge in [-0.25, -0.2) is 0 Å². The number of aliphatic hydroxyl groups is 1. The zero-order chi connectivity index (χ0) is 30.0. The van der Waals surface area contributed by atoms with Crippen LogP contribution in [0.25, 0.3) is 33.4 Å². The van der Waals surface area contributed by atoms with E-state index in [2.05, 4.69) is 15.5 Å². The van der Waals surface area contributed by atoms with Crippen molar-refractivity contribution in [3.05, 3.63) is 89.1 Å². The van der Waals surface area contributed by atoms with Gasteiger partial charge in [0.05, 0.1) is 12.2 Å². The van der Waals surface area contributed by atoms with Crippen LogP contribution in [0.15, 0.2) is 69.9 Å². The van der Waals surface area contributed by atoms with Crippen molar-refractivity contribution in [3.63, 3.8) is 0 Å². The summed E-state index contributed by atoms with van der Waals surface area (Å²) in [4.78, 5) is 30.9. The lowest BCUT2D eigenvalue weighted by atomic mass is 9.83. The Hall–Kier alpha value is -4.76. The minimum absolute atomic E-state index is 0.0584. The molecule has 0 aliphatic carbocycles. The van der Waals surface area contributed by atoms with E-state index in [1.165, 1.54) is 6.39 Å². The maximum Gasteiger partial charge on any atom is 0.255 e. The molecule has 0 aliphatic heterocycles. The number of furan rings is 1. The summed E-state index contributed by atoms with van der Waals surface area (Å²) in [6, 6.07) is 16.9. The fourth-order valence-corrected chi connectivity index (χ4v) is 5.02. The van der Waals surface area contributed by atoms with E-state index in [0.717, 1.165) is 22.3 Å². The summed E-state index contributed by atoms with van der Waals surface area (Å²) in [6.07, 6.45) is 1.43. The molecule has 9 heteroatoms. The summed E-state index contributed by atoms with van der Waals surface area (Å²) in [6.45, 7) is 7.55. The molecule has 5 aromatic rings. The predicted octanol–water partition coefficient (Wildman–Crippen LogP) is 6.05. The number of aliphatic hydroxyl groups excluding tert-OH is 1. The van der Waals surface area contributed by atoms with Gasteiger partial charge < -0.3 is 24.1 Å². The van der Waals surface area contributed by atoms with Crippen LogP contribution in [0.1, 0.15) is 57.9 Å². The van der Waals surface area contributed by atoms with E-state index in [4.69, 9.17) is 13.7 Å². The largest absolute Gasteiger partial charge is 0.490 e. The Kier molecular flexibility index (Phi) is 7.95. The van der Waals surface area contributed by atoms with E-state index in [1.807, 2.05) is 76.2 Å². The van der Waals surface area contributed by atoms with E-state index in [0.29, 0.717) is 45.0 Å². The molecule has 0 unspecified atom stereocenters. The zero-order valence-electron chi connectivity index (χ0n) is 24.3. The van der Waals surface area contributed by atoms with E-state index >= 15 is 0 Å². The van der Waals surface area contributed by atoms with Gasteiger partial charge in [0.2, 0.25) is 6.39 Å². The van der Waals surface area contributed by atoms with Gasteiger partial charge in [-0.15, -0.1) is 0 Å². The number of hydrogen-bond donors (Lipinski definition) is 2. The molecule has 0 atom stereocenters. The van der Waals surface area contributed by atoms with Crippen LogP contribution in [-0.2, 0) is 5.41 Å². The maximum atomic E-state index is 13.6. The first kappa shape index (κ1) is 28.8. The van der Waals surface area contributed by atoms with Gasteiger partial charge in [0.25, 0.3) is 5.91 Å². The normalized spacial score (nSPS) is 11.6. The lowest BCUT2D eigenvalue weighted by Gasteiger charge is -2.20. The van der Waals surface area contributed by atoms with Gasteiger partial charge in [-0.3, -0.25) is 9.59 Å². The van der Waals surface area contributed by atoms with Gasteiger partial charge in [0, 0.05) is 47.0 Å². The third-order valence-electron chi connectivity index (χ3n) is 7.33. The van der Waals surface area contributed by atoms with Crippen LogP contribution in [-0.4, -0.2) is 47.2 Å². The van der Waals surface area contributed by atoms with Gasteiger partial charge in [-0.1, -0.05) is 61.0 Å². The highest BCUT2D eigenvalue weighted by molar-refractivity contribution is 6.12. The topological polar surface area (TPSA) is 128 Å². The average Bonchev–Trinajstić information content (AvgIpc) is 3.65. The third kappa shape index (κ3) is 5.56. The number of Topliss-reactive ketones (excluding diaryl/α,β-unsaturated/α-hetero) is 1. The van der Waals surface area contributed by atoms with Crippen LogP contribution < -0.4 is 10.1 Å². The Labute approximate surface area is 243 Å². The third-order valence-corrected chi connectivity index (χ3v) is 7.33. The minimum atomic E-state index is -0.633. The number of hydrogen-bond acceptors (Lipinski definition) is 8. The average molecular weight is 568 g/mol. The number of ketones is 1. The van der Waals surface area contributed by atoms with E-state index < -0.39 is 5.41 Å². The molecular formula is C33H33N3O6. The second kappa shape index (κ2) is 11.6. The monoisotopic (exact) mass is 567 g/mol. The van der Waals surface area contributed by atoms with Crippen molar-refractivity contribution in [3.8, 4) is 28.2 Å². The quantitative estimate of drug-likeness (QED) is 0.195. The molecule has 5 rings (SSSR count). The Morgan fingerprint density at radius 3 is 2.43 bits per heavy atom. The van der Waals surface area contributed by atoms with Crippen molar-refractivity contribution in [2.24, 2.45) is 0 Å². The van der Waals surface area contributed by atoms with Crippen LogP contribution in [0, 0.1) is 13.8 Å². The summed E-state index contributed by atoms with van der Waals surface area (Å²) >= 11 is 0. The Balaban J connectivity index is 1.65. The first-order valence-corrected chi connectivity index (χ1v) is 13.7. The lowest BCUT2D eigenvalue weighted by Crippen LogP contribution is -2.24. The number of amides is 1. The van der Waals surface area contributed by atoms with Crippen LogP contribution >= 0.6 is 0 Å². The molecule has 0 saturated carbocycles. The predicted molar refractivity (Wildman–Crippen MR) is 159 cm³/mol. The van der Waals surface area contributed by atoms with Gasteiger partial charge in [0.15, 0.2) is 11.6 Å². The van der Waals surface area contributed by atoms with Crippen molar-refractivity contribution in [1.29, 1.82) is 0 Å². The highest BCUT2D eigenvalue weighted by atomic mass is 16.5. The molecular weight excluding hydrogens is 534 g/mol. The fourth-order valence-electron chi connectivity index (χ4n) is 5.02.